The summed E-state index contributed by atoms with van der Waals surface area (Å²) in [5.74, 6) is 0.274. The predicted octanol–water partition coefficient (Wildman–Crippen LogP) is 7.24. The zero-order chi connectivity index (χ0) is 28.1. The van der Waals surface area contributed by atoms with Gasteiger partial charge in [0, 0.05) is 0 Å². The number of hydrogen-bond acceptors (Lipinski definition) is 2. The molecule has 1 unspecified atom stereocenters. The van der Waals surface area contributed by atoms with E-state index in [1.54, 1.807) is 0 Å². The fourth-order valence-corrected chi connectivity index (χ4v) is 3.74. The molecule has 37 heavy (non-hydrogen) atoms. The molecular weight excluding hydrogens is 569 g/mol. The lowest BCUT2D eigenvalue weighted by Crippen LogP contribution is -2.45. The maximum absolute atomic E-state index is 13.7. The van der Waals surface area contributed by atoms with Crippen LogP contribution < -0.4 is 10.6 Å². The van der Waals surface area contributed by atoms with Gasteiger partial charge in [-0.25, -0.2) is 0 Å². The minimum Gasteiger partial charge on any atom is -0.332 e. The lowest BCUT2D eigenvalue weighted by Gasteiger charge is -2.19. The number of carbonyl (C=O) groups is 2. The van der Waals surface area contributed by atoms with Crippen molar-refractivity contribution < 1.29 is 35.9 Å². The van der Waals surface area contributed by atoms with Crippen molar-refractivity contribution in [2.75, 3.05) is 0 Å². The highest BCUT2D eigenvalue weighted by molar-refractivity contribution is 6.48. The van der Waals surface area contributed by atoms with Gasteiger partial charge in [-0.15, -0.1) is 0 Å². The third-order valence-corrected chi connectivity index (χ3v) is 5.92. The van der Waals surface area contributed by atoms with E-state index in [1.165, 1.54) is 13.8 Å². The Hall–Kier alpha value is -2.87. The van der Waals surface area contributed by atoms with E-state index in [9.17, 15) is 35.9 Å². The third kappa shape index (κ3) is 8.32. The standard InChI is InChI=1S/C24H17Cl3F6N2O2/c1-3-4-20(36)34-12(2)35-22(37)15-7-5-13(9-17(15)24(31,32)33)6-8-16(23(28,29)30)14-10-18(25)21(27)19(26)11-14/h5-12,16H,1-2H3,(H,34,36)(H,35,37)/b8-6+/t12-,16?/m1/s1. The molecule has 0 aliphatic rings. The highest BCUT2D eigenvalue weighted by Gasteiger charge is 2.40. The molecule has 0 fully saturated rings. The smallest absolute Gasteiger partial charge is 0.332 e. The summed E-state index contributed by atoms with van der Waals surface area (Å²) in [7, 11) is 0. The van der Waals surface area contributed by atoms with Gasteiger partial charge in [-0.05, 0) is 55.2 Å². The van der Waals surface area contributed by atoms with Gasteiger partial charge in [0.1, 0.15) is 0 Å². The molecule has 0 bridgehead atoms. The number of alkyl halides is 6. The van der Waals surface area contributed by atoms with Gasteiger partial charge < -0.3 is 10.6 Å². The molecule has 2 N–H and O–H groups in total. The fourth-order valence-electron chi connectivity index (χ4n) is 3.13. The van der Waals surface area contributed by atoms with Crippen LogP contribution >= 0.6 is 34.8 Å². The second-order valence-electron chi connectivity index (χ2n) is 7.52. The SMILES string of the molecule is CC#CC(=O)N[C@@H](C)NC(=O)c1ccc(/C=C/C(c2cc(Cl)c(Cl)c(Cl)c2)C(F)(F)F)cc1C(F)(F)F. The quantitative estimate of drug-likeness (QED) is 0.163. The minimum absolute atomic E-state index is 0.146. The number of allylic oxidation sites excluding steroid dienone is 1. The summed E-state index contributed by atoms with van der Waals surface area (Å²) in [5, 5.41) is 3.84. The second-order valence-corrected chi connectivity index (χ2v) is 8.72. The molecule has 0 saturated carbocycles. The van der Waals surface area contributed by atoms with Crippen molar-refractivity contribution in [3.63, 3.8) is 0 Å². The first-order valence-corrected chi connectivity index (χ1v) is 11.3. The van der Waals surface area contributed by atoms with Gasteiger partial charge in [0.25, 0.3) is 11.8 Å². The Morgan fingerprint density at radius 1 is 0.973 bits per heavy atom. The maximum atomic E-state index is 13.7. The number of halogens is 9. The van der Waals surface area contributed by atoms with E-state index in [0.29, 0.717) is 12.1 Å². The van der Waals surface area contributed by atoms with Gasteiger partial charge in [0.05, 0.1) is 38.3 Å². The molecule has 2 rings (SSSR count). The number of rotatable bonds is 6. The van der Waals surface area contributed by atoms with E-state index in [1.807, 2.05) is 0 Å². The van der Waals surface area contributed by atoms with Gasteiger partial charge in [-0.1, -0.05) is 58.9 Å². The highest BCUT2D eigenvalue weighted by atomic mass is 35.5. The largest absolute Gasteiger partial charge is 0.417 e. The molecule has 0 heterocycles. The maximum Gasteiger partial charge on any atom is 0.417 e. The Kier molecular flexibility index (Phi) is 9.94. The molecule has 0 aliphatic heterocycles. The van der Waals surface area contributed by atoms with Crippen LogP contribution in [0.4, 0.5) is 26.3 Å². The normalized spacial score (nSPS) is 13.5. The molecule has 4 nitrogen and oxygen atoms in total. The molecule has 198 valence electrons. The number of nitrogens with one attached hydrogen (secondary N) is 2. The Morgan fingerprint density at radius 3 is 2.08 bits per heavy atom. The molecule has 0 spiro atoms. The van der Waals surface area contributed by atoms with Crippen molar-refractivity contribution in [2.24, 2.45) is 0 Å². The summed E-state index contributed by atoms with van der Waals surface area (Å²) in [5.41, 5.74) is -2.82. The summed E-state index contributed by atoms with van der Waals surface area (Å²) >= 11 is 17.4. The molecule has 2 atom stereocenters. The van der Waals surface area contributed by atoms with Crippen molar-refractivity contribution in [2.45, 2.75) is 38.3 Å². The molecule has 2 amide bonds. The predicted molar refractivity (Wildman–Crippen MR) is 129 cm³/mol. The molecule has 13 heteroatoms. The van der Waals surface area contributed by atoms with Crippen LogP contribution in [0.15, 0.2) is 36.4 Å². The lowest BCUT2D eigenvalue weighted by atomic mass is 9.96. The van der Waals surface area contributed by atoms with Crippen molar-refractivity contribution in [1.29, 1.82) is 0 Å². The first kappa shape index (κ1) is 30.4. The molecule has 0 radical (unpaired) electrons. The minimum atomic E-state index is -5.02. The molecule has 0 saturated heterocycles. The van der Waals surface area contributed by atoms with Crippen molar-refractivity contribution in [3.8, 4) is 11.8 Å². The average Bonchev–Trinajstić information content (AvgIpc) is 2.75. The summed E-state index contributed by atoms with van der Waals surface area (Å²) in [6.07, 6.45) is -9.45. The Morgan fingerprint density at radius 2 is 1.57 bits per heavy atom. The van der Waals surface area contributed by atoms with Crippen molar-refractivity contribution >= 4 is 52.7 Å². The number of carbonyl (C=O) groups excluding carboxylic acids is 2. The third-order valence-electron chi connectivity index (χ3n) is 4.73. The van der Waals surface area contributed by atoms with Crippen LogP contribution in [0.5, 0.6) is 0 Å². The van der Waals surface area contributed by atoms with Crippen LogP contribution in [0.3, 0.4) is 0 Å². The number of hydrogen-bond donors (Lipinski definition) is 2. The molecule has 0 aromatic heterocycles. The van der Waals surface area contributed by atoms with Gasteiger partial charge in [0.2, 0.25) is 0 Å². The van der Waals surface area contributed by atoms with E-state index in [4.69, 9.17) is 34.8 Å². The second kappa shape index (κ2) is 12.1. The van der Waals surface area contributed by atoms with Crippen molar-refractivity contribution in [1.82, 2.24) is 10.6 Å². The summed E-state index contributed by atoms with van der Waals surface area (Å²) in [4.78, 5) is 23.9. The van der Waals surface area contributed by atoms with Crippen LogP contribution in [0.2, 0.25) is 15.1 Å². The number of benzene rings is 2. The average molecular weight is 586 g/mol. The number of amides is 2. The first-order chi connectivity index (χ1) is 17.0. The highest BCUT2D eigenvalue weighted by Crippen LogP contribution is 2.41. The van der Waals surface area contributed by atoms with Gasteiger partial charge in [0.15, 0.2) is 0 Å². The van der Waals surface area contributed by atoms with E-state index in [0.717, 1.165) is 30.3 Å². The zero-order valence-electron chi connectivity index (χ0n) is 18.9. The summed E-state index contributed by atoms with van der Waals surface area (Å²) in [6, 6.07) is 4.31. The van der Waals surface area contributed by atoms with Crippen LogP contribution in [0.1, 0.15) is 46.8 Å². The van der Waals surface area contributed by atoms with Crippen LogP contribution in [-0.4, -0.2) is 24.2 Å². The van der Waals surface area contributed by atoms with Crippen LogP contribution in [0, 0.1) is 11.8 Å². The monoisotopic (exact) mass is 584 g/mol. The molecular formula is C24H17Cl3F6N2O2. The van der Waals surface area contributed by atoms with E-state index in [2.05, 4.69) is 22.5 Å². The lowest BCUT2D eigenvalue weighted by molar-refractivity contribution is -0.139. The van der Waals surface area contributed by atoms with Gasteiger partial charge >= 0.3 is 12.4 Å². The van der Waals surface area contributed by atoms with Crippen molar-refractivity contribution in [3.05, 3.63) is 73.7 Å². The Balaban J connectivity index is 2.41. The van der Waals surface area contributed by atoms with Gasteiger partial charge in [-0.2, -0.15) is 26.3 Å². The van der Waals surface area contributed by atoms with E-state index < -0.39 is 47.4 Å². The first-order valence-electron chi connectivity index (χ1n) is 10.2. The topological polar surface area (TPSA) is 58.2 Å². The van der Waals surface area contributed by atoms with Crippen LogP contribution in [-0.2, 0) is 11.0 Å². The summed E-state index contributed by atoms with van der Waals surface area (Å²) in [6.45, 7) is 2.70. The molecule has 0 aliphatic carbocycles. The summed E-state index contributed by atoms with van der Waals surface area (Å²) < 4.78 is 82.3. The molecule has 2 aromatic carbocycles. The van der Waals surface area contributed by atoms with E-state index in [-0.39, 0.29) is 26.2 Å². The zero-order valence-corrected chi connectivity index (χ0v) is 21.2. The Bertz CT molecular complexity index is 1260. The fraction of sp³-hybridized carbons (Fsp3) is 0.250. The van der Waals surface area contributed by atoms with Crippen LogP contribution in [0.25, 0.3) is 6.08 Å². The molecule has 2 aromatic rings. The van der Waals surface area contributed by atoms with Gasteiger partial charge in [-0.3, -0.25) is 9.59 Å². The van der Waals surface area contributed by atoms with E-state index >= 15 is 0 Å². The Labute approximate surface area is 223 Å².